The number of benzene rings is 1. The lowest BCUT2D eigenvalue weighted by Gasteiger charge is -2.30. The molecule has 0 bridgehead atoms. The van der Waals surface area contributed by atoms with Crippen molar-refractivity contribution in [2.24, 2.45) is 0 Å². The van der Waals surface area contributed by atoms with Crippen molar-refractivity contribution in [2.75, 3.05) is 19.0 Å². The van der Waals surface area contributed by atoms with Crippen LogP contribution in [-0.4, -0.2) is 25.2 Å². The smallest absolute Gasteiger partial charge is 0.314 e. The highest BCUT2D eigenvalue weighted by molar-refractivity contribution is 5.84. The molecule has 0 atom stereocenters. The van der Waals surface area contributed by atoms with Crippen LogP contribution < -0.4 is 4.90 Å². The minimum absolute atomic E-state index is 0.665. The molecule has 0 unspecified atom stereocenters. The van der Waals surface area contributed by atoms with Gasteiger partial charge in [0, 0.05) is 19.8 Å². The van der Waals surface area contributed by atoms with Gasteiger partial charge in [-0.15, -0.1) is 0 Å². The lowest BCUT2D eigenvalue weighted by molar-refractivity contribution is -0.143. The highest BCUT2D eigenvalue weighted by atomic mass is 16.4. The second-order valence-corrected chi connectivity index (χ2v) is 5.69. The minimum Gasteiger partial charge on any atom is -0.481 e. The molecule has 19 heavy (non-hydrogen) atoms. The van der Waals surface area contributed by atoms with Crippen molar-refractivity contribution in [2.45, 2.75) is 44.4 Å². The zero-order chi connectivity index (χ0) is 14.0. The molecule has 1 aliphatic carbocycles. The van der Waals surface area contributed by atoms with Crippen LogP contribution in [0.25, 0.3) is 0 Å². The number of nitrogens with zero attached hydrogens (tertiary/aromatic N) is 1. The van der Waals surface area contributed by atoms with E-state index >= 15 is 0 Å². The van der Waals surface area contributed by atoms with Crippen molar-refractivity contribution in [3.8, 4) is 0 Å². The Kier molecular flexibility index (Phi) is 3.83. The van der Waals surface area contributed by atoms with Crippen molar-refractivity contribution in [3.05, 3.63) is 29.3 Å². The molecule has 2 rings (SSSR count). The largest absolute Gasteiger partial charge is 0.481 e. The van der Waals surface area contributed by atoms with Gasteiger partial charge in [0.25, 0.3) is 0 Å². The summed E-state index contributed by atoms with van der Waals surface area (Å²) < 4.78 is 0. The maximum absolute atomic E-state index is 11.9. The van der Waals surface area contributed by atoms with Gasteiger partial charge >= 0.3 is 5.97 Å². The van der Waals surface area contributed by atoms with Gasteiger partial charge in [-0.1, -0.05) is 31.9 Å². The molecule has 104 valence electrons. The zero-order valence-electron chi connectivity index (χ0n) is 12.1. The summed E-state index contributed by atoms with van der Waals surface area (Å²) in [5, 5.41) is 9.77. The number of hydrogen-bond acceptors (Lipinski definition) is 2. The minimum atomic E-state index is -0.676. The Morgan fingerprint density at radius 1 is 1.32 bits per heavy atom. The topological polar surface area (TPSA) is 40.5 Å². The molecule has 1 aromatic rings. The molecular weight excluding hydrogens is 238 g/mol. The van der Waals surface area contributed by atoms with Crippen LogP contribution in [0.4, 0.5) is 5.69 Å². The number of aliphatic carboxylic acids is 1. The Hall–Kier alpha value is -1.51. The fourth-order valence-corrected chi connectivity index (χ4v) is 3.15. The van der Waals surface area contributed by atoms with Crippen molar-refractivity contribution in [1.82, 2.24) is 0 Å². The predicted octanol–water partition coefficient (Wildman–Crippen LogP) is 3.21. The molecule has 0 saturated heterocycles. The summed E-state index contributed by atoms with van der Waals surface area (Å²) >= 11 is 0. The van der Waals surface area contributed by atoms with Gasteiger partial charge in [-0.3, -0.25) is 4.79 Å². The quantitative estimate of drug-likeness (QED) is 0.904. The van der Waals surface area contributed by atoms with Crippen LogP contribution >= 0.6 is 0 Å². The number of carbonyl (C=O) groups is 1. The fourth-order valence-electron chi connectivity index (χ4n) is 3.15. The normalized spacial score (nSPS) is 17.4. The maximum Gasteiger partial charge on any atom is 0.314 e. The van der Waals surface area contributed by atoms with E-state index in [4.69, 9.17) is 0 Å². The summed E-state index contributed by atoms with van der Waals surface area (Å²) in [5.74, 6) is -0.665. The number of rotatable bonds is 4. The average Bonchev–Trinajstić information content (AvgIpc) is 2.88. The third kappa shape index (κ3) is 2.34. The van der Waals surface area contributed by atoms with Crippen LogP contribution in [0.5, 0.6) is 0 Å². The molecule has 0 heterocycles. The summed E-state index contributed by atoms with van der Waals surface area (Å²) in [6, 6.07) is 6.27. The lowest BCUT2D eigenvalue weighted by atomic mass is 9.77. The zero-order valence-corrected chi connectivity index (χ0v) is 12.1. The SMILES string of the molecule is CCc1ccc(N(C)C)c(C2(C(=O)O)CCCC2)c1. The number of aryl methyl sites for hydroxylation is 1. The first-order valence-electron chi connectivity index (χ1n) is 7.05. The van der Waals surface area contributed by atoms with Gasteiger partial charge in [0.05, 0.1) is 5.41 Å². The summed E-state index contributed by atoms with van der Waals surface area (Å²) in [4.78, 5) is 13.9. The molecule has 0 spiro atoms. The second-order valence-electron chi connectivity index (χ2n) is 5.69. The monoisotopic (exact) mass is 261 g/mol. The number of anilines is 1. The van der Waals surface area contributed by atoms with E-state index in [1.807, 2.05) is 19.0 Å². The van der Waals surface area contributed by atoms with Gasteiger partial charge in [0.1, 0.15) is 0 Å². The van der Waals surface area contributed by atoms with Gasteiger partial charge in [-0.2, -0.15) is 0 Å². The van der Waals surface area contributed by atoms with E-state index in [-0.39, 0.29) is 0 Å². The Bertz CT molecular complexity index is 474. The van der Waals surface area contributed by atoms with E-state index in [9.17, 15) is 9.90 Å². The van der Waals surface area contributed by atoms with Crippen molar-refractivity contribution >= 4 is 11.7 Å². The van der Waals surface area contributed by atoms with Crippen molar-refractivity contribution in [3.63, 3.8) is 0 Å². The average molecular weight is 261 g/mol. The molecule has 1 saturated carbocycles. The van der Waals surface area contributed by atoms with Crippen molar-refractivity contribution in [1.29, 1.82) is 0 Å². The first kappa shape index (κ1) is 13.9. The van der Waals surface area contributed by atoms with Gasteiger partial charge in [-0.05, 0) is 36.5 Å². The maximum atomic E-state index is 11.9. The Morgan fingerprint density at radius 2 is 1.95 bits per heavy atom. The fraction of sp³-hybridized carbons (Fsp3) is 0.562. The van der Waals surface area contributed by atoms with Gasteiger partial charge in [-0.25, -0.2) is 0 Å². The van der Waals surface area contributed by atoms with Gasteiger partial charge in [0.15, 0.2) is 0 Å². The standard InChI is InChI=1S/C16H23NO2/c1-4-12-7-8-14(17(2)3)13(11-12)16(15(18)19)9-5-6-10-16/h7-8,11H,4-6,9-10H2,1-3H3,(H,18,19). The Balaban J connectivity index is 2.60. The number of carboxylic acids is 1. The first-order valence-corrected chi connectivity index (χ1v) is 7.05. The van der Waals surface area contributed by atoms with Gasteiger partial charge in [0.2, 0.25) is 0 Å². The third-order valence-electron chi connectivity index (χ3n) is 4.33. The molecule has 1 aromatic carbocycles. The molecule has 0 aromatic heterocycles. The number of carboxylic acid groups (broad SMARTS) is 1. The molecule has 0 aliphatic heterocycles. The van der Waals surface area contributed by atoms with E-state index in [0.29, 0.717) is 0 Å². The molecule has 1 N–H and O–H groups in total. The van der Waals surface area contributed by atoms with Crippen molar-refractivity contribution < 1.29 is 9.90 Å². The van der Waals surface area contributed by atoms with E-state index in [0.717, 1.165) is 43.4 Å². The van der Waals surface area contributed by atoms with Crippen LogP contribution in [0.15, 0.2) is 18.2 Å². The van der Waals surface area contributed by atoms with E-state index in [1.165, 1.54) is 5.56 Å². The first-order chi connectivity index (χ1) is 9.01. The molecule has 0 radical (unpaired) electrons. The predicted molar refractivity (Wildman–Crippen MR) is 77.9 cm³/mol. The van der Waals surface area contributed by atoms with Crippen LogP contribution in [0.1, 0.15) is 43.7 Å². The van der Waals surface area contributed by atoms with Crippen LogP contribution in [-0.2, 0) is 16.6 Å². The summed E-state index contributed by atoms with van der Waals surface area (Å²) in [7, 11) is 3.96. The molecular formula is C16H23NO2. The van der Waals surface area contributed by atoms with Crippen LogP contribution in [0.3, 0.4) is 0 Å². The Labute approximate surface area is 115 Å². The summed E-state index contributed by atoms with van der Waals surface area (Å²) in [5.41, 5.74) is 2.58. The highest BCUT2D eigenvalue weighted by Crippen LogP contribution is 2.45. The third-order valence-corrected chi connectivity index (χ3v) is 4.33. The molecule has 3 heteroatoms. The molecule has 1 fully saturated rings. The van der Waals surface area contributed by atoms with Gasteiger partial charge < -0.3 is 10.0 Å². The van der Waals surface area contributed by atoms with E-state index in [1.54, 1.807) is 0 Å². The number of hydrogen-bond donors (Lipinski definition) is 1. The molecule has 0 amide bonds. The summed E-state index contributed by atoms with van der Waals surface area (Å²) in [6.45, 7) is 2.11. The van der Waals surface area contributed by atoms with Crippen LogP contribution in [0.2, 0.25) is 0 Å². The second kappa shape index (κ2) is 5.24. The molecule has 3 nitrogen and oxygen atoms in total. The highest BCUT2D eigenvalue weighted by Gasteiger charge is 2.44. The van der Waals surface area contributed by atoms with E-state index in [2.05, 4.69) is 25.1 Å². The summed E-state index contributed by atoms with van der Waals surface area (Å²) in [6.07, 6.45) is 4.48. The lowest BCUT2D eigenvalue weighted by Crippen LogP contribution is -2.34. The van der Waals surface area contributed by atoms with E-state index < -0.39 is 11.4 Å². The van der Waals surface area contributed by atoms with Crippen LogP contribution in [0, 0.1) is 0 Å². The molecule has 1 aliphatic rings. The Morgan fingerprint density at radius 3 is 2.42 bits per heavy atom.